The lowest BCUT2D eigenvalue weighted by molar-refractivity contribution is -0.0869. The number of halogens is 5. The van der Waals surface area contributed by atoms with Gasteiger partial charge >= 0.3 is 0 Å². The summed E-state index contributed by atoms with van der Waals surface area (Å²) in [5, 5.41) is 10.1. The van der Waals surface area contributed by atoms with Crippen LogP contribution in [0.15, 0.2) is 36.4 Å². The summed E-state index contributed by atoms with van der Waals surface area (Å²) < 4.78 is 75.7. The van der Waals surface area contributed by atoms with Crippen LogP contribution < -0.4 is 0 Å². The molecule has 0 unspecified atom stereocenters. The number of benzene rings is 2. The predicted octanol–water partition coefficient (Wildman–Crippen LogP) is 6.15. The molecule has 206 valence electrons. The fourth-order valence-electron chi connectivity index (χ4n) is 6.04. The molecule has 0 bridgehead atoms. The van der Waals surface area contributed by atoms with E-state index in [1.807, 2.05) is 24.3 Å². The Hall–Kier alpha value is -2.49. The number of aliphatic hydroxyl groups is 1. The van der Waals surface area contributed by atoms with E-state index in [9.17, 15) is 13.9 Å². The third-order valence-electron chi connectivity index (χ3n) is 8.08. The molecule has 1 saturated heterocycles. The van der Waals surface area contributed by atoms with Gasteiger partial charge in [-0.2, -0.15) is 0 Å². The number of aromatic amines is 1. The molecule has 0 amide bonds. The van der Waals surface area contributed by atoms with Crippen molar-refractivity contribution < 1.29 is 27.1 Å². The van der Waals surface area contributed by atoms with Gasteiger partial charge in [0.2, 0.25) is 0 Å². The highest BCUT2D eigenvalue weighted by Gasteiger charge is 2.44. The van der Waals surface area contributed by atoms with Crippen LogP contribution in [0.25, 0.3) is 10.9 Å². The smallest absolute Gasteiger partial charge is 0.283 e. The Morgan fingerprint density at radius 2 is 1.82 bits per heavy atom. The zero-order valence-electron chi connectivity index (χ0n) is 21.7. The van der Waals surface area contributed by atoms with Crippen molar-refractivity contribution in [2.24, 2.45) is 5.92 Å². The van der Waals surface area contributed by atoms with E-state index in [1.165, 1.54) is 4.90 Å². The first-order valence-corrected chi connectivity index (χ1v) is 13.3. The van der Waals surface area contributed by atoms with Crippen molar-refractivity contribution in [3.63, 3.8) is 0 Å². The number of likely N-dealkylation sites (tertiary alicyclic amines) is 1. The summed E-state index contributed by atoms with van der Waals surface area (Å²) in [7, 11) is 0. The largest absolute Gasteiger partial charge is 0.390 e. The number of unbranched alkanes of at least 4 members (excludes halogenated alkanes) is 1. The molecule has 3 aromatic rings. The number of para-hydroxylation sites is 1. The van der Waals surface area contributed by atoms with E-state index in [0.717, 1.165) is 48.0 Å². The number of hydrogen-bond acceptors (Lipinski definition) is 3. The van der Waals surface area contributed by atoms with Crippen molar-refractivity contribution in [2.45, 2.75) is 57.3 Å². The Morgan fingerprint density at radius 3 is 2.47 bits per heavy atom. The summed E-state index contributed by atoms with van der Waals surface area (Å²) in [6.45, 7) is 3.50. The Balaban J connectivity index is 1.53. The molecular weight excluding hydrogens is 501 g/mol. The monoisotopic (exact) mass is 535 g/mol. The molecular formula is C29H34F5N3O. The lowest BCUT2D eigenvalue weighted by Gasteiger charge is -2.42. The van der Waals surface area contributed by atoms with Crippen molar-refractivity contribution in [2.75, 3.05) is 32.8 Å². The van der Waals surface area contributed by atoms with Gasteiger partial charge in [0.25, 0.3) is 5.92 Å². The number of alkyl halides is 3. The molecule has 0 spiro atoms. The highest BCUT2D eigenvalue weighted by atomic mass is 19.3. The maximum atomic E-state index is 15.8. The molecule has 1 fully saturated rings. The minimum absolute atomic E-state index is 0.0724. The minimum atomic E-state index is -3.47. The second-order valence-corrected chi connectivity index (χ2v) is 10.9. The van der Waals surface area contributed by atoms with Gasteiger partial charge in [0.15, 0.2) is 0 Å². The molecule has 0 aliphatic carbocycles. The summed E-state index contributed by atoms with van der Waals surface area (Å²) in [6, 6.07) is 7.72. The fourth-order valence-corrected chi connectivity index (χ4v) is 6.04. The number of hydrogen-bond donors (Lipinski definition) is 2. The molecule has 1 aromatic heterocycles. The first kappa shape index (κ1) is 27.1. The minimum Gasteiger partial charge on any atom is -0.390 e. The number of nitrogens with zero attached hydrogens (tertiary/aromatic N) is 2. The van der Waals surface area contributed by atoms with Crippen LogP contribution in [-0.4, -0.2) is 64.6 Å². The van der Waals surface area contributed by atoms with Gasteiger partial charge in [0.05, 0.1) is 12.6 Å². The molecule has 0 saturated carbocycles. The van der Waals surface area contributed by atoms with Crippen LogP contribution in [0.2, 0.25) is 0 Å². The standard InChI is InChI=1S/C29H34F5N3O/c1-3-4-9-36-13-19(14-36)26(32)18-11-22(30)25(23(31)12-18)28-27-21(20-7-5-6-8-24(20)35-27)10-17(2)37(28)15-29(33,34)16-38/h5-8,11-12,17,19,26,28,35,38H,3-4,9-10,13-16H2,1-2H3/t17-,26+,28-/m1/s1. The van der Waals surface area contributed by atoms with E-state index >= 15 is 13.2 Å². The number of nitrogens with one attached hydrogen (secondary N) is 1. The van der Waals surface area contributed by atoms with E-state index in [4.69, 9.17) is 0 Å². The van der Waals surface area contributed by atoms with Gasteiger partial charge in [-0.25, -0.2) is 22.0 Å². The van der Waals surface area contributed by atoms with Gasteiger partial charge in [-0.05, 0) is 55.6 Å². The fraction of sp³-hybridized carbons (Fsp3) is 0.517. The third-order valence-corrected chi connectivity index (χ3v) is 8.08. The lowest BCUT2D eigenvalue weighted by atomic mass is 9.85. The third kappa shape index (κ3) is 4.96. The normalized spacial score (nSPS) is 22.0. The van der Waals surface area contributed by atoms with E-state index < -0.39 is 54.5 Å². The van der Waals surface area contributed by atoms with Crippen LogP contribution in [0.5, 0.6) is 0 Å². The van der Waals surface area contributed by atoms with Crippen LogP contribution in [0.1, 0.15) is 61.3 Å². The molecule has 38 heavy (non-hydrogen) atoms. The van der Waals surface area contributed by atoms with Gasteiger partial charge in [-0.1, -0.05) is 31.5 Å². The van der Waals surface area contributed by atoms with Gasteiger partial charge in [0, 0.05) is 47.2 Å². The van der Waals surface area contributed by atoms with Crippen LogP contribution in [0.4, 0.5) is 22.0 Å². The highest BCUT2D eigenvalue weighted by Crippen LogP contribution is 2.44. The molecule has 3 heterocycles. The van der Waals surface area contributed by atoms with Crippen molar-refractivity contribution >= 4 is 10.9 Å². The molecule has 2 aliphatic heterocycles. The van der Waals surface area contributed by atoms with Crippen LogP contribution >= 0.6 is 0 Å². The summed E-state index contributed by atoms with van der Waals surface area (Å²) in [5.74, 6) is -5.75. The highest BCUT2D eigenvalue weighted by molar-refractivity contribution is 5.85. The summed E-state index contributed by atoms with van der Waals surface area (Å²) >= 11 is 0. The molecule has 0 radical (unpaired) electrons. The number of aliphatic hydroxyl groups excluding tert-OH is 1. The Morgan fingerprint density at radius 1 is 1.13 bits per heavy atom. The predicted molar refractivity (Wildman–Crippen MR) is 137 cm³/mol. The summed E-state index contributed by atoms with van der Waals surface area (Å²) in [6.07, 6.45) is 0.927. The Labute approximate surface area is 219 Å². The first-order valence-electron chi connectivity index (χ1n) is 13.3. The molecule has 5 rings (SSSR count). The second kappa shape index (κ2) is 10.6. The number of H-pyrrole nitrogens is 1. The molecule has 2 aromatic carbocycles. The maximum absolute atomic E-state index is 15.8. The Bertz CT molecular complexity index is 1270. The number of fused-ring (bicyclic) bond motifs is 3. The average molecular weight is 536 g/mol. The van der Waals surface area contributed by atoms with Crippen molar-refractivity contribution in [1.29, 1.82) is 0 Å². The zero-order chi connectivity index (χ0) is 27.2. The first-order chi connectivity index (χ1) is 18.1. The van der Waals surface area contributed by atoms with E-state index in [0.29, 0.717) is 25.2 Å². The maximum Gasteiger partial charge on any atom is 0.283 e. The summed E-state index contributed by atoms with van der Waals surface area (Å²) in [5.41, 5.74) is 1.52. The zero-order valence-corrected chi connectivity index (χ0v) is 21.7. The van der Waals surface area contributed by atoms with Gasteiger partial charge in [0.1, 0.15) is 24.4 Å². The topological polar surface area (TPSA) is 42.5 Å². The molecule has 9 heteroatoms. The van der Waals surface area contributed by atoms with Gasteiger partial charge in [-0.3, -0.25) is 4.90 Å². The molecule has 3 atom stereocenters. The van der Waals surface area contributed by atoms with Crippen LogP contribution in [0, 0.1) is 17.6 Å². The summed E-state index contributed by atoms with van der Waals surface area (Å²) in [4.78, 5) is 6.67. The van der Waals surface area contributed by atoms with Crippen LogP contribution in [0.3, 0.4) is 0 Å². The second-order valence-electron chi connectivity index (χ2n) is 10.9. The SMILES string of the molecule is CCCCN1CC([C@@H](F)c2cc(F)c([C@@H]3c4[nH]c5ccccc5c4C[C@@H](C)N3CC(F)(F)CO)c(F)c2)C1. The average Bonchev–Trinajstić information content (AvgIpc) is 3.22. The van der Waals surface area contributed by atoms with E-state index in [1.54, 1.807) is 6.92 Å². The molecule has 2 aliphatic rings. The van der Waals surface area contributed by atoms with E-state index in [2.05, 4.69) is 16.8 Å². The number of rotatable bonds is 9. The van der Waals surface area contributed by atoms with Crippen molar-refractivity contribution in [3.8, 4) is 0 Å². The molecule has 4 nitrogen and oxygen atoms in total. The lowest BCUT2D eigenvalue weighted by Crippen LogP contribution is -2.49. The van der Waals surface area contributed by atoms with Gasteiger partial charge < -0.3 is 15.0 Å². The van der Waals surface area contributed by atoms with Crippen molar-refractivity contribution in [3.05, 3.63) is 70.4 Å². The van der Waals surface area contributed by atoms with Gasteiger partial charge in [-0.15, -0.1) is 0 Å². The molecule has 2 N–H and O–H groups in total. The van der Waals surface area contributed by atoms with Crippen LogP contribution in [-0.2, 0) is 6.42 Å². The van der Waals surface area contributed by atoms with Crippen molar-refractivity contribution in [1.82, 2.24) is 14.8 Å². The number of aromatic nitrogens is 1. The van der Waals surface area contributed by atoms with E-state index in [-0.39, 0.29) is 11.5 Å². The Kier molecular flexibility index (Phi) is 7.55. The quantitative estimate of drug-likeness (QED) is 0.323.